The number of aryl methyl sites for hydroxylation is 1. The van der Waals surface area contributed by atoms with Crippen molar-refractivity contribution in [1.82, 2.24) is 4.57 Å². The highest BCUT2D eigenvalue weighted by Gasteiger charge is 2.14. The third-order valence-corrected chi connectivity index (χ3v) is 3.20. The van der Waals surface area contributed by atoms with Gasteiger partial charge < -0.3 is 25.0 Å². The van der Waals surface area contributed by atoms with Crippen LogP contribution in [0.4, 0.5) is 0 Å². The lowest BCUT2D eigenvalue weighted by Crippen LogP contribution is -1.86. The van der Waals surface area contributed by atoms with E-state index in [2.05, 4.69) is 0 Å². The standard InChI is InChI=1S/C13H11NO4.C2H6/c1-14-8-4-12(17)10(15)2-6(8)7-3-11(16)13(18)5-9(7)14;1-2/h2-5,15-18H,1H3;1-2H3. The molecule has 0 amide bonds. The van der Waals surface area contributed by atoms with Crippen molar-refractivity contribution < 1.29 is 20.4 Å². The van der Waals surface area contributed by atoms with E-state index in [0.29, 0.717) is 21.8 Å². The maximum Gasteiger partial charge on any atom is 0.159 e. The van der Waals surface area contributed by atoms with Crippen LogP contribution in [-0.4, -0.2) is 25.0 Å². The summed E-state index contributed by atoms with van der Waals surface area (Å²) >= 11 is 0. The van der Waals surface area contributed by atoms with Gasteiger partial charge in [0.2, 0.25) is 0 Å². The number of hydrogen-bond acceptors (Lipinski definition) is 4. The molecule has 0 spiro atoms. The van der Waals surface area contributed by atoms with Gasteiger partial charge in [0.25, 0.3) is 0 Å². The van der Waals surface area contributed by atoms with Crippen LogP contribution in [0.15, 0.2) is 24.3 Å². The topological polar surface area (TPSA) is 85.9 Å². The van der Waals surface area contributed by atoms with E-state index < -0.39 is 0 Å². The lowest BCUT2D eigenvalue weighted by Gasteiger charge is -2.00. The van der Waals surface area contributed by atoms with Crippen molar-refractivity contribution in [3.05, 3.63) is 24.3 Å². The Balaban J connectivity index is 0.000000704. The first kappa shape index (κ1) is 13.9. The number of aromatic nitrogens is 1. The highest BCUT2D eigenvalue weighted by Crippen LogP contribution is 2.39. The van der Waals surface area contributed by atoms with Crippen LogP contribution >= 0.6 is 0 Å². The molecule has 106 valence electrons. The zero-order valence-electron chi connectivity index (χ0n) is 11.5. The Hall–Kier alpha value is -2.56. The Bertz CT molecular complexity index is 725. The van der Waals surface area contributed by atoms with E-state index in [1.54, 1.807) is 11.6 Å². The van der Waals surface area contributed by atoms with Gasteiger partial charge in [-0.3, -0.25) is 0 Å². The summed E-state index contributed by atoms with van der Waals surface area (Å²) < 4.78 is 1.77. The lowest BCUT2D eigenvalue weighted by atomic mass is 10.1. The third-order valence-electron chi connectivity index (χ3n) is 3.20. The molecule has 1 aromatic heterocycles. The minimum atomic E-state index is -0.220. The van der Waals surface area contributed by atoms with Gasteiger partial charge in [-0.2, -0.15) is 0 Å². The molecule has 0 aliphatic heterocycles. The molecule has 0 atom stereocenters. The predicted molar refractivity (Wildman–Crippen MR) is 78.4 cm³/mol. The van der Waals surface area contributed by atoms with E-state index >= 15 is 0 Å². The molecule has 0 fully saturated rings. The number of aromatic hydroxyl groups is 4. The molecule has 0 saturated heterocycles. The van der Waals surface area contributed by atoms with Gasteiger partial charge in [-0.1, -0.05) is 13.8 Å². The lowest BCUT2D eigenvalue weighted by molar-refractivity contribution is 0.404. The van der Waals surface area contributed by atoms with Crippen molar-refractivity contribution >= 4 is 21.8 Å². The number of phenolic OH excluding ortho intramolecular Hbond substituents is 4. The van der Waals surface area contributed by atoms with Crippen LogP contribution in [0.3, 0.4) is 0 Å². The highest BCUT2D eigenvalue weighted by molar-refractivity contribution is 6.10. The minimum Gasteiger partial charge on any atom is -0.504 e. The van der Waals surface area contributed by atoms with Crippen molar-refractivity contribution in [2.75, 3.05) is 0 Å². The SMILES string of the molecule is CC.Cn1c2cc(O)c(O)cc2c2cc(O)c(O)cc21. The first-order chi connectivity index (χ1) is 9.49. The van der Waals surface area contributed by atoms with Gasteiger partial charge >= 0.3 is 0 Å². The van der Waals surface area contributed by atoms with Gasteiger partial charge in [0.05, 0.1) is 11.0 Å². The Morgan fingerprint density at radius 3 is 1.30 bits per heavy atom. The smallest absolute Gasteiger partial charge is 0.159 e. The number of hydrogen-bond donors (Lipinski definition) is 4. The third kappa shape index (κ3) is 1.87. The summed E-state index contributed by atoms with van der Waals surface area (Å²) in [4.78, 5) is 0. The first-order valence-corrected chi connectivity index (χ1v) is 6.35. The molecule has 0 radical (unpaired) electrons. The summed E-state index contributed by atoms with van der Waals surface area (Å²) in [5.74, 6) is -0.853. The zero-order chi connectivity index (χ0) is 15.0. The van der Waals surface area contributed by atoms with E-state index in [-0.39, 0.29) is 23.0 Å². The first-order valence-electron chi connectivity index (χ1n) is 6.35. The summed E-state index contributed by atoms with van der Waals surface area (Å²) in [6.45, 7) is 4.00. The van der Waals surface area contributed by atoms with E-state index in [4.69, 9.17) is 0 Å². The van der Waals surface area contributed by atoms with Crippen molar-refractivity contribution in [1.29, 1.82) is 0 Å². The van der Waals surface area contributed by atoms with Crippen LogP contribution in [0.2, 0.25) is 0 Å². The highest BCUT2D eigenvalue weighted by atomic mass is 16.3. The average Bonchev–Trinajstić information content (AvgIpc) is 2.67. The second-order valence-electron chi connectivity index (χ2n) is 4.28. The maximum absolute atomic E-state index is 9.54. The molecule has 5 heteroatoms. The Morgan fingerprint density at radius 2 is 0.950 bits per heavy atom. The number of benzene rings is 2. The normalized spacial score (nSPS) is 10.6. The van der Waals surface area contributed by atoms with E-state index in [1.807, 2.05) is 13.8 Å². The van der Waals surface area contributed by atoms with Crippen LogP contribution in [0, 0.1) is 0 Å². The Labute approximate surface area is 115 Å². The summed E-state index contributed by atoms with van der Waals surface area (Å²) in [5, 5.41) is 39.5. The van der Waals surface area contributed by atoms with E-state index in [1.165, 1.54) is 24.3 Å². The molecule has 0 aliphatic rings. The Kier molecular flexibility index (Phi) is 3.36. The van der Waals surface area contributed by atoms with E-state index in [0.717, 1.165) is 0 Å². The van der Waals surface area contributed by atoms with Crippen molar-refractivity contribution in [2.24, 2.45) is 7.05 Å². The second-order valence-corrected chi connectivity index (χ2v) is 4.28. The molecule has 1 heterocycles. The summed E-state index contributed by atoms with van der Waals surface area (Å²) in [5.41, 5.74) is 1.40. The van der Waals surface area contributed by atoms with Gasteiger partial charge in [-0.25, -0.2) is 0 Å². The van der Waals surface area contributed by atoms with Crippen molar-refractivity contribution in [3.63, 3.8) is 0 Å². The molecule has 3 rings (SSSR count). The fourth-order valence-corrected chi connectivity index (χ4v) is 2.25. The monoisotopic (exact) mass is 275 g/mol. The fraction of sp³-hybridized carbons (Fsp3) is 0.200. The molecular weight excluding hydrogens is 258 g/mol. The maximum atomic E-state index is 9.54. The van der Waals surface area contributed by atoms with Gasteiger partial charge in [0, 0.05) is 30.0 Å². The van der Waals surface area contributed by atoms with Gasteiger partial charge in [0.15, 0.2) is 23.0 Å². The predicted octanol–water partition coefficient (Wildman–Crippen LogP) is 3.18. The summed E-state index contributed by atoms with van der Waals surface area (Å²) in [6, 6.07) is 5.75. The molecule has 0 bridgehead atoms. The molecule has 5 nitrogen and oxygen atoms in total. The van der Waals surface area contributed by atoms with Crippen LogP contribution in [0.5, 0.6) is 23.0 Å². The zero-order valence-corrected chi connectivity index (χ0v) is 11.5. The molecule has 20 heavy (non-hydrogen) atoms. The quantitative estimate of drug-likeness (QED) is 0.475. The van der Waals surface area contributed by atoms with Crippen LogP contribution in [-0.2, 0) is 7.05 Å². The Morgan fingerprint density at radius 1 is 0.650 bits per heavy atom. The summed E-state index contributed by atoms with van der Waals surface area (Å²) in [6.07, 6.45) is 0. The fourth-order valence-electron chi connectivity index (χ4n) is 2.25. The van der Waals surface area contributed by atoms with Crippen molar-refractivity contribution in [2.45, 2.75) is 13.8 Å². The van der Waals surface area contributed by atoms with Crippen LogP contribution < -0.4 is 0 Å². The molecule has 0 aliphatic carbocycles. The minimum absolute atomic E-state index is 0.207. The molecule has 0 unspecified atom stereocenters. The average molecular weight is 275 g/mol. The van der Waals surface area contributed by atoms with Gasteiger partial charge in [0.1, 0.15) is 0 Å². The molecule has 3 aromatic rings. The number of rotatable bonds is 0. The molecular formula is C15H17NO4. The van der Waals surface area contributed by atoms with Gasteiger partial charge in [-0.05, 0) is 12.1 Å². The van der Waals surface area contributed by atoms with Crippen LogP contribution in [0.25, 0.3) is 21.8 Å². The van der Waals surface area contributed by atoms with E-state index in [9.17, 15) is 20.4 Å². The number of nitrogens with zero attached hydrogens (tertiary/aromatic N) is 1. The van der Waals surface area contributed by atoms with Gasteiger partial charge in [-0.15, -0.1) is 0 Å². The molecule has 0 saturated carbocycles. The summed E-state index contributed by atoms with van der Waals surface area (Å²) in [7, 11) is 1.78. The second kappa shape index (κ2) is 4.85. The number of phenols is 4. The van der Waals surface area contributed by atoms with Crippen LogP contribution in [0.1, 0.15) is 13.8 Å². The molecule has 4 N–H and O–H groups in total. The molecule has 2 aromatic carbocycles. The largest absolute Gasteiger partial charge is 0.504 e. The number of fused-ring (bicyclic) bond motifs is 3. The van der Waals surface area contributed by atoms with Crippen molar-refractivity contribution in [3.8, 4) is 23.0 Å².